The van der Waals surface area contributed by atoms with Gasteiger partial charge in [0.1, 0.15) is 27.7 Å². The molecule has 3 heterocycles. The number of nitrogens with zero attached hydrogens (tertiary/aromatic N) is 4. The molecule has 170 valence electrons. The topological polar surface area (TPSA) is 115 Å². The van der Waals surface area contributed by atoms with Gasteiger partial charge in [-0.2, -0.15) is 5.10 Å². The van der Waals surface area contributed by atoms with Crippen LogP contribution >= 0.6 is 11.3 Å². The molecule has 32 heavy (non-hydrogen) atoms. The second kappa shape index (κ2) is 8.83. The number of nitrogens with one attached hydrogen (secondary N) is 1. The van der Waals surface area contributed by atoms with Gasteiger partial charge in [0, 0.05) is 31.7 Å². The molecule has 0 unspecified atom stereocenters. The van der Waals surface area contributed by atoms with Crippen molar-refractivity contribution in [1.82, 2.24) is 14.8 Å². The first-order chi connectivity index (χ1) is 15.2. The minimum atomic E-state index is -1.07. The molecule has 2 aromatic heterocycles. The molecule has 8 nitrogen and oxygen atoms in total. The number of benzene rings is 1. The Morgan fingerprint density at radius 3 is 2.84 bits per heavy atom. The Hall–Kier alpha value is -3.05. The predicted octanol–water partition coefficient (Wildman–Crippen LogP) is 3.09. The van der Waals surface area contributed by atoms with E-state index in [0.29, 0.717) is 48.0 Å². The normalized spacial score (nSPS) is 19.1. The van der Waals surface area contributed by atoms with Gasteiger partial charge in [0.15, 0.2) is 11.5 Å². The van der Waals surface area contributed by atoms with Crippen molar-refractivity contribution in [2.75, 3.05) is 29.0 Å². The maximum absolute atomic E-state index is 14.3. The molecule has 0 radical (unpaired) electrons. The molecule has 11 heteroatoms. The number of alkyl halides is 1. The number of carbonyl (C=O) groups excluding carboxylic acids is 1. The fourth-order valence-corrected chi connectivity index (χ4v) is 4.64. The first kappa shape index (κ1) is 22.2. The van der Waals surface area contributed by atoms with Gasteiger partial charge >= 0.3 is 0 Å². The summed E-state index contributed by atoms with van der Waals surface area (Å²) in [6.45, 7) is 2.84. The summed E-state index contributed by atoms with van der Waals surface area (Å²) in [6, 6.07) is 4.17. The minimum Gasteiger partial charge on any atom is -0.389 e. The number of rotatable bonds is 4. The number of thiazole rings is 1. The molecule has 2 atom stereocenters. The first-order valence-electron chi connectivity index (χ1n) is 10.3. The van der Waals surface area contributed by atoms with Crippen molar-refractivity contribution in [2.45, 2.75) is 32.0 Å². The van der Waals surface area contributed by atoms with E-state index < -0.39 is 23.9 Å². The number of halogens is 2. The highest BCUT2D eigenvalue weighted by Crippen LogP contribution is 2.34. The molecule has 3 aromatic rings. The first-order valence-corrected chi connectivity index (χ1v) is 11.1. The van der Waals surface area contributed by atoms with Crippen LogP contribution in [0.1, 0.15) is 28.9 Å². The molecular weight excluding hydrogens is 436 g/mol. The Morgan fingerprint density at radius 2 is 2.06 bits per heavy atom. The van der Waals surface area contributed by atoms with Crippen LogP contribution < -0.4 is 21.7 Å². The van der Waals surface area contributed by atoms with E-state index in [-0.39, 0.29) is 10.7 Å². The number of amides is 1. The van der Waals surface area contributed by atoms with Crippen LogP contribution in [0.5, 0.6) is 0 Å². The van der Waals surface area contributed by atoms with Crippen molar-refractivity contribution in [3.63, 3.8) is 0 Å². The molecule has 0 spiro atoms. The molecule has 1 amide bonds. The molecule has 1 aliphatic rings. The van der Waals surface area contributed by atoms with Crippen LogP contribution in [0.3, 0.4) is 0 Å². The Morgan fingerprint density at radius 1 is 1.31 bits per heavy atom. The summed E-state index contributed by atoms with van der Waals surface area (Å²) in [4.78, 5) is 19.2. The number of anilines is 3. The van der Waals surface area contributed by atoms with E-state index in [1.54, 1.807) is 23.9 Å². The lowest BCUT2D eigenvalue weighted by atomic mass is 10.1. The van der Waals surface area contributed by atoms with E-state index in [1.165, 1.54) is 12.3 Å². The number of nitrogens with two attached hydrogens (primary N) is 2. The van der Waals surface area contributed by atoms with E-state index in [0.717, 1.165) is 16.9 Å². The number of aryl methyl sites for hydroxylation is 2. The zero-order chi connectivity index (χ0) is 23.0. The summed E-state index contributed by atoms with van der Waals surface area (Å²) in [5.74, 6) is -0.308. The number of aromatic nitrogens is 3. The number of carbonyl (C=O) groups is 1. The van der Waals surface area contributed by atoms with Gasteiger partial charge in [-0.3, -0.25) is 9.48 Å². The van der Waals surface area contributed by atoms with Crippen molar-refractivity contribution in [1.29, 1.82) is 0 Å². The Balaban J connectivity index is 1.58. The van der Waals surface area contributed by atoms with Crippen LogP contribution in [0, 0.1) is 12.7 Å². The number of hydrogen-bond donors (Lipinski definition) is 3. The quantitative estimate of drug-likeness (QED) is 0.550. The summed E-state index contributed by atoms with van der Waals surface area (Å²) < 4.78 is 29.9. The van der Waals surface area contributed by atoms with Crippen molar-refractivity contribution in [3.05, 3.63) is 41.5 Å². The predicted molar refractivity (Wildman–Crippen MR) is 122 cm³/mol. The molecule has 1 saturated heterocycles. The molecule has 0 saturated carbocycles. The Labute approximate surface area is 188 Å². The molecule has 0 bridgehead atoms. The highest BCUT2D eigenvalue weighted by Gasteiger charge is 2.27. The molecule has 1 aliphatic heterocycles. The monoisotopic (exact) mass is 461 g/mol. The molecule has 5 N–H and O–H groups in total. The molecule has 0 aliphatic carbocycles. The summed E-state index contributed by atoms with van der Waals surface area (Å²) >= 11 is 1.05. The van der Waals surface area contributed by atoms with Gasteiger partial charge in [0.2, 0.25) is 0 Å². The third-order valence-electron chi connectivity index (χ3n) is 5.55. The lowest BCUT2D eigenvalue weighted by Crippen LogP contribution is -2.31. The third-order valence-corrected chi connectivity index (χ3v) is 6.47. The fraction of sp³-hybridized carbons (Fsp3) is 0.381. The summed E-state index contributed by atoms with van der Waals surface area (Å²) in [7, 11) is 1.75. The average Bonchev–Trinajstić information content (AvgIpc) is 3.27. The van der Waals surface area contributed by atoms with Gasteiger partial charge < -0.3 is 21.7 Å². The van der Waals surface area contributed by atoms with Crippen LogP contribution in [-0.2, 0) is 7.05 Å². The van der Waals surface area contributed by atoms with Crippen molar-refractivity contribution < 1.29 is 13.6 Å². The smallest absolute Gasteiger partial charge is 0.277 e. The maximum atomic E-state index is 14.3. The van der Waals surface area contributed by atoms with Crippen LogP contribution in [0.4, 0.5) is 25.3 Å². The number of hydrogen-bond acceptors (Lipinski definition) is 7. The van der Waals surface area contributed by atoms with Gasteiger partial charge in [-0.1, -0.05) is 23.0 Å². The van der Waals surface area contributed by atoms with E-state index in [4.69, 9.17) is 11.5 Å². The van der Waals surface area contributed by atoms with E-state index in [9.17, 15) is 13.6 Å². The van der Waals surface area contributed by atoms with Crippen LogP contribution in [0.15, 0.2) is 24.4 Å². The standard InChI is InChI=1S/C21H25F2N7OS/c1-11-3-4-13(22)12(9-11)20-28-17(18(25)32-20)19(31)27-16-10-26-29(2)21(16)30-7-5-14(23)15(24)6-8-30/h3-4,9-10,14-15H,5-8,24-25H2,1-2H3,(H,27,31)/t14-,15+/m0/s1. The molecule has 4 rings (SSSR count). The van der Waals surface area contributed by atoms with E-state index in [1.807, 2.05) is 11.8 Å². The zero-order valence-electron chi connectivity index (χ0n) is 17.8. The van der Waals surface area contributed by atoms with Crippen molar-refractivity contribution in [3.8, 4) is 10.6 Å². The van der Waals surface area contributed by atoms with Gasteiger partial charge in [-0.15, -0.1) is 0 Å². The van der Waals surface area contributed by atoms with Crippen molar-refractivity contribution in [2.24, 2.45) is 12.8 Å². The lowest BCUT2D eigenvalue weighted by Gasteiger charge is -2.24. The van der Waals surface area contributed by atoms with E-state index in [2.05, 4.69) is 15.4 Å². The highest BCUT2D eigenvalue weighted by atomic mass is 32.1. The zero-order valence-corrected chi connectivity index (χ0v) is 18.6. The Kier molecular flexibility index (Phi) is 6.11. The minimum absolute atomic E-state index is 0.0161. The average molecular weight is 462 g/mol. The summed E-state index contributed by atoms with van der Waals surface area (Å²) in [5.41, 5.74) is 13.6. The van der Waals surface area contributed by atoms with E-state index >= 15 is 0 Å². The number of nitrogen functional groups attached to an aromatic ring is 1. The van der Waals surface area contributed by atoms with Crippen LogP contribution in [0.2, 0.25) is 0 Å². The fourth-order valence-electron chi connectivity index (χ4n) is 3.79. The lowest BCUT2D eigenvalue weighted by molar-refractivity contribution is 0.102. The molecule has 1 fully saturated rings. The van der Waals surface area contributed by atoms with Gasteiger partial charge in [-0.05, 0) is 31.9 Å². The van der Waals surface area contributed by atoms with Crippen LogP contribution in [-0.4, -0.2) is 46.0 Å². The van der Waals surface area contributed by atoms with Gasteiger partial charge in [-0.25, -0.2) is 13.8 Å². The largest absolute Gasteiger partial charge is 0.389 e. The third kappa shape index (κ3) is 4.30. The second-order valence-electron chi connectivity index (χ2n) is 7.92. The van der Waals surface area contributed by atoms with Gasteiger partial charge in [0.05, 0.1) is 6.20 Å². The molecule has 1 aromatic carbocycles. The maximum Gasteiger partial charge on any atom is 0.277 e. The highest BCUT2D eigenvalue weighted by molar-refractivity contribution is 7.19. The van der Waals surface area contributed by atoms with Crippen LogP contribution in [0.25, 0.3) is 10.6 Å². The van der Waals surface area contributed by atoms with Gasteiger partial charge in [0.25, 0.3) is 5.91 Å². The summed E-state index contributed by atoms with van der Waals surface area (Å²) in [5, 5.41) is 7.56. The summed E-state index contributed by atoms with van der Waals surface area (Å²) in [6.07, 6.45) is 1.24. The second-order valence-corrected chi connectivity index (χ2v) is 8.95. The Bertz CT molecular complexity index is 1130. The molecular formula is C21H25F2N7OS. The van der Waals surface area contributed by atoms with Crippen molar-refractivity contribution >= 4 is 33.8 Å². The SMILES string of the molecule is Cc1ccc(F)c(-c2nc(C(=O)Nc3cnn(C)c3N3CC[C@@H](N)[C@@H](F)CC3)c(N)s2)c1.